The number of carbonyl (C=O) groups is 1. The van der Waals surface area contributed by atoms with Crippen molar-refractivity contribution >= 4 is 5.97 Å². The third kappa shape index (κ3) is 6.33. The Morgan fingerprint density at radius 2 is 1.74 bits per heavy atom. The average Bonchev–Trinajstić information content (AvgIpc) is 2.82. The molecule has 0 aliphatic heterocycles. The van der Waals surface area contributed by atoms with E-state index in [2.05, 4.69) is 38.1 Å². The highest BCUT2D eigenvalue weighted by molar-refractivity contribution is 5.92. The minimum Gasteiger partial charge on any atom is -0.465 e. The second-order valence-electron chi connectivity index (χ2n) is 8.63. The molecule has 4 heteroatoms. The zero-order chi connectivity index (χ0) is 22.2. The Morgan fingerprint density at radius 1 is 1.03 bits per heavy atom. The van der Waals surface area contributed by atoms with Gasteiger partial charge in [0.2, 0.25) is 0 Å². The van der Waals surface area contributed by atoms with E-state index in [0.29, 0.717) is 29.8 Å². The summed E-state index contributed by atoms with van der Waals surface area (Å²) in [6.07, 6.45) is 7.18. The Balaban J connectivity index is 1.60. The SMILES string of the molecule is CCC(C)c1ccc(OC(C)OCc2ccc(C3CCCCC3)cc2)c(C(=O)OC)c1. The molecule has 0 radical (unpaired) electrons. The maximum atomic E-state index is 12.3. The molecule has 2 atom stereocenters. The van der Waals surface area contributed by atoms with Gasteiger partial charge in [-0.2, -0.15) is 0 Å². The van der Waals surface area contributed by atoms with Gasteiger partial charge < -0.3 is 14.2 Å². The van der Waals surface area contributed by atoms with Crippen LogP contribution in [0.4, 0.5) is 0 Å². The molecule has 0 N–H and O–H groups in total. The standard InChI is InChI=1S/C27H36O4/c1-5-19(2)24-15-16-26(25(17-24)27(28)29-4)31-20(3)30-18-21-11-13-23(14-12-21)22-9-7-6-8-10-22/h11-17,19-20,22H,5-10,18H2,1-4H3. The van der Waals surface area contributed by atoms with Crippen LogP contribution in [0.3, 0.4) is 0 Å². The summed E-state index contributed by atoms with van der Waals surface area (Å²) in [7, 11) is 1.39. The van der Waals surface area contributed by atoms with Crippen molar-refractivity contribution in [3.05, 3.63) is 64.7 Å². The maximum Gasteiger partial charge on any atom is 0.341 e. The van der Waals surface area contributed by atoms with Crippen molar-refractivity contribution in [1.29, 1.82) is 0 Å². The molecule has 0 spiro atoms. The molecule has 1 aliphatic rings. The van der Waals surface area contributed by atoms with Crippen LogP contribution in [-0.2, 0) is 16.1 Å². The van der Waals surface area contributed by atoms with Crippen LogP contribution in [0, 0.1) is 0 Å². The van der Waals surface area contributed by atoms with Crippen LogP contribution in [0.15, 0.2) is 42.5 Å². The van der Waals surface area contributed by atoms with Crippen molar-refractivity contribution in [2.75, 3.05) is 7.11 Å². The minimum absolute atomic E-state index is 0.364. The summed E-state index contributed by atoms with van der Waals surface area (Å²) >= 11 is 0. The van der Waals surface area contributed by atoms with E-state index in [1.165, 1.54) is 44.8 Å². The van der Waals surface area contributed by atoms with Crippen molar-refractivity contribution in [3.63, 3.8) is 0 Å². The quantitative estimate of drug-likeness (QED) is 0.322. The lowest BCUT2D eigenvalue weighted by molar-refractivity contribution is -0.0762. The first-order valence-corrected chi connectivity index (χ1v) is 11.6. The lowest BCUT2D eigenvalue weighted by atomic mass is 9.84. The zero-order valence-corrected chi connectivity index (χ0v) is 19.4. The topological polar surface area (TPSA) is 44.8 Å². The van der Waals surface area contributed by atoms with Gasteiger partial charge in [-0.3, -0.25) is 0 Å². The van der Waals surface area contributed by atoms with Crippen LogP contribution in [0.2, 0.25) is 0 Å². The number of carbonyl (C=O) groups excluding carboxylic acids is 1. The van der Waals surface area contributed by atoms with Crippen molar-refractivity contribution in [3.8, 4) is 5.75 Å². The van der Waals surface area contributed by atoms with Crippen molar-refractivity contribution in [2.24, 2.45) is 0 Å². The van der Waals surface area contributed by atoms with Crippen molar-refractivity contribution in [1.82, 2.24) is 0 Å². The first-order valence-electron chi connectivity index (χ1n) is 11.6. The van der Waals surface area contributed by atoms with Gasteiger partial charge in [0.25, 0.3) is 0 Å². The molecule has 0 amide bonds. The lowest BCUT2D eigenvalue weighted by Crippen LogP contribution is -2.18. The maximum absolute atomic E-state index is 12.3. The van der Waals surface area contributed by atoms with Crippen molar-refractivity contribution < 1.29 is 19.0 Å². The highest BCUT2D eigenvalue weighted by Gasteiger charge is 2.18. The molecule has 2 unspecified atom stereocenters. The van der Waals surface area contributed by atoms with E-state index in [4.69, 9.17) is 14.2 Å². The van der Waals surface area contributed by atoms with E-state index in [9.17, 15) is 4.79 Å². The monoisotopic (exact) mass is 424 g/mol. The second kappa shape index (κ2) is 11.3. The number of hydrogen-bond acceptors (Lipinski definition) is 4. The normalized spacial score (nSPS) is 16.5. The predicted octanol–water partition coefficient (Wildman–Crippen LogP) is 6.98. The molecule has 0 aromatic heterocycles. The molecule has 0 heterocycles. The zero-order valence-electron chi connectivity index (χ0n) is 19.4. The molecule has 3 rings (SSSR count). The number of benzene rings is 2. The molecular formula is C27H36O4. The van der Waals surface area contributed by atoms with Gasteiger partial charge in [-0.15, -0.1) is 0 Å². The highest BCUT2D eigenvalue weighted by Crippen LogP contribution is 2.32. The van der Waals surface area contributed by atoms with Crippen LogP contribution in [0.1, 0.15) is 98.2 Å². The number of rotatable bonds is 9. The van der Waals surface area contributed by atoms with Gasteiger partial charge in [0.15, 0.2) is 6.29 Å². The van der Waals surface area contributed by atoms with E-state index >= 15 is 0 Å². The van der Waals surface area contributed by atoms with Gasteiger partial charge >= 0.3 is 5.97 Å². The smallest absolute Gasteiger partial charge is 0.341 e. The predicted molar refractivity (Wildman–Crippen MR) is 124 cm³/mol. The van der Waals surface area contributed by atoms with Gasteiger partial charge in [-0.05, 0) is 66.8 Å². The van der Waals surface area contributed by atoms with Crippen LogP contribution in [0.5, 0.6) is 5.75 Å². The Labute approximate surface area is 186 Å². The Hall–Kier alpha value is -2.33. The summed E-state index contributed by atoms with van der Waals surface area (Å²) in [4.78, 5) is 12.3. The summed E-state index contributed by atoms with van der Waals surface area (Å²) in [5.41, 5.74) is 4.10. The van der Waals surface area contributed by atoms with Crippen LogP contribution in [0.25, 0.3) is 0 Å². The summed E-state index contributed by atoms with van der Waals surface area (Å²) < 4.78 is 16.8. The highest BCUT2D eigenvalue weighted by atomic mass is 16.7. The molecule has 0 saturated heterocycles. The molecule has 4 nitrogen and oxygen atoms in total. The van der Waals surface area contributed by atoms with Gasteiger partial charge in [-0.25, -0.2) is 4.79 Å². The first-order chi connectivity index (χ1) is 15.0. The molecule has 2 aromatic carbocycles. The Kier molecular flexibility index (Phi) is 8.53. The fraction of sp³-hybridized carbons (Fsp3) is 0.519. The van der Waals surface area contributed by atoms with E-state index < -0.39 is 12.3 Å². The molecule has 168 valence electrons. The van der Waals surface area contributed by atoms with Gasteiger partial charge in [0.1, 0.15) is 11.3 Å². The minimum atomic E-state index is -0.490. The largest absolute Gasteiger partial charge is 0.465 e. The number of methoxy groups -OCH3 is 1. The summed E-state index contributed by atoms with van der Waals surface area (Å²) in [6, 6.07) is 14.5. The van der Waals surface area contributed by atoms with E-state index in [-0.39, 0.29) is 0 Å². The van der Waals surface area contributed by atoms with Crippen LogP contribution < -0.4 is 4.74 Å². The van der Waals surface area contributed by atoms with E-state index in [0.717, 1.165) is 17.5 Å². The number of hydrogen-bond donors (Lipinski definition) is 0. The molecule has 2 aromatic rings. The lowest BCUT2D eigenvalue weighted by Gasteiger charge is -2.22. The number of ether oxygens (including phenoxy) is 3. The fourth-order valence-electron chi connectivity index (χ4n) is 4.21. The first kappa shape index (κ1) is 23.3. The summed E-state index contributed by atoms with van der Waals surface area (Å²) in [5.74, 6) is 1.16. The Morgan fingerprint density at radius 3 is 2.39 bits per heavy atom. The molecule has 1 fully saturated rings. The third-order valence-corrected chi connectivity index (χ3v) is 6.42. The van der Waals surface area contributed by atoms with E-state index in [1.807, 2.05) is 25.1 Å². The Bertz CT molecular complexity index is 837. The third-order valence-electron chi connectivity index (χ3n) is 6.42. The van der Waals surface area contributed by atoms with Crippen LogP contribution >= 0.6 is 0 Å². The van der Waals surface area contributed by atoms with E-state index in [1.54, 1.807) is 0 Å². The molecule has 0 bridgehead atoms. The molecule has 31 heavy (non-hydrogen) atoms. The summed E-state index contributed by atoms with van der Waals surface area (Å²) in [5, 5.41) is 0. The molecular weight excluding hydrogens is 388 g/mol. The second-order valence-corrected chi connectivity index (χ2v) is 8.63. The van der Waals surface area contributed by atoms with Gasteiger partial charge in [0.05, 0.1) is 13.7 Å². The van der Waals surface area contributed by atoms with Crippen LogP contribution in [-0.4, -0.2) is 19.4 Å². The van der Waals surface area contributed by atoms with Crippen molar-refractivity contribution in [2.45, 2.75) is 84.0 Å². The summed E-state index contributed by atoms with van der Waals surface area (Å²) in [6.45, 7) is 6.58. The molecule has 1 aliphatic carbocycles. The number of esters is 1. The van der Waals surface area contributed by atoms with Gasteiger partial charge in [-0.1, -0.05) is 63.4 Å². The molecule has 1 saturated carbocycles. The van der Waals surface area contributed by atoms with Gasteiger partial charge in [0, 0.05) is 0 Å². The average molecular weight is 425 g/mol. The fourth-order valence-corrected chi connectivity index (χ4v) is 4.21.